The fraction of sp³-hybridized carbons (Fsp3) is 0.360. The molecule has 3 aliphatic heterocycles. The van der Waals surface area contributed by atoms with Gasteiger partial charge in [-0.1, -0.05) is 29.8 Å². The lowest BCUT2D eigenvalue weighted by Gasteiger charge is -2.42. The van der Waals surface area contributed by atoms with Gasteiger partial charge >= 0.3 is 6.18 Å². The SMILES string of the molecule is N#CN=C(N1CC(Oc2cccc(C(F)(F)F)c2)C1)N1CC(N2CCCC2=O)C(c2ccc(Cl)cc2)=N1. The number of hydrazone groups is 1. The van der Waals surface area contributed by atoms with Gasteiger partial charge in [0.1, 0.15) is 11.9 Å². The summed E-state index contributed by atoms with van der Waals surface area (Å²) in [4.78, 5) is 20.1. The highest BCUT2D eigenvalue weighted by atomic mass is 35.5. The van der Waals surface area contributed by atoms with E-state index >= 15 is 0 Å². The maximum absolute atomic E-state index is 13.0. The largest absolute Gasteiger partial charge is 0.487 e. The number of ether oxygens (including phenoxy) is 1. The molecule has 192 valence electrons. The van der Waals surface area contributed by atoms with Crippen LogP contribution in [0.25, 0.3) is 0 Å². The molecule has 0 aromatic heterocycles. The monoisotopic (exact) mass is 530 g/mol. The molecule has 8 nitrogen and oxygen atoms in total. The summed E-state index contributed by atoms with van der Waals surface area (Å²) in [5, 5.41) is 16.3. The van der Waals surface area contributed by atoms with Gasteiger partial charge in [0.2, 0.25) is 18.1 Å². The van der Waals surface area contributed by atoms with Crippen LogP contribution in [0.15, 0.2) is 58.6 Å². The van der Waals surface area contributed by atoms with Crippen LogP contribution >= 0.6 is 11.6 Å². The van der Waals surface area contributed by atoms with E-state index < -0.39 is 11.7 Å². The van der Waals surface area contributed by atoms with E-state index in [1.807, 2.05) is 18.3 Å². The zero-order valence-corrected chi connectivity index (χ0v) is 20.3. The van der Waals surface area contributed by atoms with Gasteiger partial charge in [0.05, 0.1) is 37.0 Å². The van der Waals surface area contributed by atoms with E-state index in [1.54, 1.807) is 26.9 Å². The van der Waals surface area contributed by atoms with E-state index in [0.29, 0.717) is 49.3 Å². The lowest BCUT2D eigenvalue weighted by molar-refractivity contribution is -0.137. The summed E-state index contributed by atoms with van der Waals surface area (Å²) in [7, 11) is 0. The number of rotatable bonds is 4. The molecule has 12 heteroatoms. The average molecular weight is 531 g/mol. The quantitative estimate of drug-likeness (QED) is 0.339. The molecule has 37 heavy (non-hydrogen) atoms. The second-order valence-corrected chi connectivity index (χ2v) is 9.40. The fourth-order valence-corrected chi connectivity index (χ4v) is 4.81. The minimum Gasteiger partial charge on any atom is -0.487 e. The Morgan fingerprint density at radius 3 is 2.57 bits per heavy atom. The second-order valence-electron chi connectivity index (χ2n) is 8.96. The lowest BCUT2D eigenvalue weighted by Crippen LogP contribution is -2.59. The third kappa shape index (κ3) is 5.20. The van der Waals surface area contributed by atoms with Gasteiger partial charge in [0, 0.05) is 23.6 Å². The number of alkyl halides is 3. The van der Waals surface area contributed by atoms with Crippen molar-refractivity contribution >= 4 is 29.2 Å². The van der Waals surface area contributed by atoms with E-state index in [2.05, 4.69) is 4.99 Å². The van der Waals surface area contributed by atoms with Crippen molar-refractivity contribution in [1.82, 2.24) is 14.8 Å². The normalized spacial score (nSPS) is 20.7. The molecule has 1 amide bonds. The molecule has 0 spiro atoms. The Morgan fingerprint density at radius 1 is 1.16 bits per heavy atom. The van der Waals surface area contributed by atoms with Gasteiger partial charge in [-0.05, 0) is 36.8 Å². The van der Waals surface area contributed by atoms with E-state index in [4.69, 9.17) is 21.4 Å². The summed E-state index contributed by atoms with van der Waals surface area (Å²) >= 11 is 6.05. The Kier molecular flexibility index (Phi) is 6.69. The number of hydrogen-bond donors (Lipinski definition) is 0. The highest BCUT2D eigenvalue weighted by Crippen LogP contribution is 2.32. The predicted octanol–water partition coefficient (Wildman–Crippen LogP) is 3.97. The first-order chi connectivity index (χ1) is 17.7. The van der Waals surface area contributed by atoms with Crippen molar-refractivity contribution < 1.29 is 22.7 Å². The van der Waals surface area contributed by atoms with Crippen LogP contribution in [0.4, 0.5) is 13.2 Å². The van der Waals surface area contributed by atoms with E-state index in [1.165, 1.54) is 12.1 Å². The van der Waals surface area contributed by atoms with Crippen LogP contribution in [0.2, 0.25) is 5.02 Å². The maximum Gasteiger partial charge on any atom is 0.416 e. The number of benzene rings is 2. The Morgan fingerprint density at radius 2 is 1.92 bits per heavy atom. The predicted molar refractivity (Wildman–Crippen MR) is 130 cm³/mol. The van der Waals surface area contributed by atoms with Gasteiger partial charge in [-0.15, -0.1) is 4.99 Å². The van der Waals surface area contributed by atoms with Gasteiger partial charge in [-0.3, -0.25) is 4.79 Å². The third-order valence-electron chi connectivity index (χ3n) is 6.49. The minimum absolute atomic E-state index is 0.0470. The van der Waals surface area contributed by atoms with E-state index in [0.717, 1.165) is 24.1 Å². The summed E-state index contributed by atoms with van der Waals surface area (Å²) in [5.41, 5.74) is 0.702. The molecule has 0 N–H and O–H groups in total. The third-order valence-corrected chi connectivity index (χ3v) is 6.74. The number of nitriles is 1. The van der Waals surface area contributed by atoms with Gasteiger partial charge < -0.3 is 14.5 Å². The van der Waals surface area contributed by atoms with Crippen molar-refractivity contribution in [3.8, 4) is 11.9 Å². The maximum atomic E-state index is 13.0. The first-order valence-electron chi connectivity index (χ1n) is 11.7. The van der Waals surface area contributed by atoms with Crippen molar-refractivity contribution in [3.05, 3.63) is 64.7 Å². The molecule has 2 saturated heterocycles. The summed E-state index contributed by atoms with van der Waals surface area (Å²) in [6.45, 7) is 1.56. The molecular weight excluding hydrogens is 509 g/mol. The molecule has 5 rings (SSSR count). The number of likely N-dealkylation sites (tertiary alicyclic amines) is 2. The van der Waals surface area contributed by atoms with E-state index in [-0.39, 0.29) is 23.8 Å². The van der Waals surface area contributed by atoms with Gasteiger partial charge in [-0.2, -0.15) is 23.5 Å². The first-order valence-corrected chi connectivity index (χ1v) is 12.1. The summed E-state index contributed by atoms with van der Waals surface area (Å²) in [5.74, 6) is 0.466. The standard InChI is InChI=1S/C25H22ClF3N6O2/c26-18-8-6-16(7-9-18)23-21(34-10-2-5-22(34)36)14-35(32-23)24(31-15-30)33-12-20(13-33)37-19-4-1-3-17(11-19)25(27,28)29/h1,3-4,6-9,11,20-21H,2,5,10,12-14H2. The van der Waals surface area contributed by atoms with Crippen molar-refractivity contribution in [1.29, 1.82) is 5.26 Å². The number of amides is 1. The fourth-order valence-electron chi connectivity index (χ4n) is 4.68. The van der Waals surface area contributed by atoms with Crippen LogP contribution in [0.1, 0.15) is 24.0 Å². The molecule has 1 unspecified atom stereocenters. The molecular formula is C25H22ClF3N6O2. The van der Waals surface area contributed by atoms with Gasteiger partial charge in [0.25, 0.3) is 0 Å². The smallest absolute Gasteiger partial charge is 0.416 e. The first kappa shape index (κ1) is 24.9. The molecule has 1 atom stereocenters. The Balaban J connectivity index is 1.32. The van der Waals surface area contributed by atoms with Crippen LogP contribution in [-0.4, -0.2) is 70.7 Å². The molecule has 0 bridgehead atoms. The molecule has 0 saturated carbocycles. The van der Waals surface area contributed by atoms with Gasteiger partial charge in [0.15, 0.2) is 0 Å². The zero-order valence-electron chi connectivity index (χ0n) is 19.5. The van der Waals surface area contributed by atoms with E-state index in [9.17, 15) is 23.2 Å². The number of nitrogens with zero attached hydrogens (tertiary/aromatic N) is 6. The molecule has 0 aliphatic carbocycles. The number of carbonyl (C=O) groups excluding carboxylic acids is 1. The molecule has 0 radical (unpaired) electrons. The molecule has 2 aromatic rings. The number of aliphatic imine (C=N–C) groups is 1. The van der Waals surface area contributed by atoms with Gasteiger partial charge in [-0.25, -0.2) is 5.01 Å². The summed E-state index contributed by atoms with van der Waals surface area (Å²) < 4.78 is 44.8. The number of hydrogen-bond acceptors (Lipinski definition) is 5. The second kappa shape index (κ2) is 9.94. The molecule has 3 heterocycles. The molecule has 3 aliphatic rings. The van der Waals surface area contributed by atoms with Crippen molar-refractivity contribution in [2.24, 2.45) is 10.1 Å². The van der Waals surface area contributed by atoms with Crippen molar-refractivity contribution in [2.75, 3.05) is 26.2 Å². The molecule has 2 fully saturated rings. The lowest BCUT2D eigenvalue weighted by atomic mass is 10.0. The highest BCUT2D eigenvalue weighted by molar-refractivity contribution is 6.30. The summed E-state index contributed by atoms with van der Waals surface area (Å²) in [6.07, 6.45) is -1.79. The van der Waals surface area contributed by atoms with Crippen LogP contribution in [0, 0.1) is 11.5 Å². The van der Waals surface area contributed by atoms with Crippen LogP contribution in [-0.2, 0) is 11.0 Å². The van der Waals surface area contributed by atoms with Crippen molar-refractivity contribution in [2.45, 2.75) is 31.2 Å². The summed E-state index contributed by atoms with van der Waals surface area (Å²) in [6, 6.07) is 11.6. The van der Waals surface area contributed by atoms with Crippen LogP contribution in [0.5, 0.6) is 5.75 Å². The number of guanidine groups is 1. The number of carbonyl (C=O) groups is 1. The Bertz CT molecular complexity index is 1280. The Hall–Kier alpha value is -3.78. The highest BCUT2D eigenvalue weighted by Gasteiger charge is 2.42. The number of halogens is 4. The zero-order chi connectivity index (χ0) is 26.2. The van der Waals surface area contributed by atoms with Crippen LogP contribution < -0.4 is 4.74 Å². The van der Waals surface area contributed by atoms with Crippen LogP contribution in [0.3, 0.4) is 0 Å². The average Bonchev–Trinajstić information content (AvgIpc) is 3.46. The van der Waals surface area contributed by atoms with Crippen molar-refractivity contribution in [3.63, 3.8) is 0 Å². The molecule has 2 aromatic carbocycles. The topological polar surface area (TPSA) is 84.5 Å². The minimum atomic E-state index is -4.46. The Labute approximate surface area is 216 Å².